The molecule has 0 heterocycles. The molecule has 0 aromatic heterocycles. The van der Waals surface area contributed by atoms with E-state index >= 15 is 0 Å². The van der Waals surface area contributed by atoms with Crippen LogP contribution in [0.3, 0.4) is 0 Å². The molecular formula is C13H14F3NO3. The molecule has 1 fully saturated rings. The fraction of sp³-hybridized carbons (Fsp3) is 0.462. The normalized spacial score (nSPS) is 16.1. The summed E-state index contributed by atoms with van der Waals surface area (Å²) in [5.41, 5.74) is -0.472. The van der Waals surface area contributed by atoms with Gasteiger partial charge in [0, 0.05) is 18.0 Å². The van der Waals surface area contributed by atoms with E-state index < -0.39 is 24.1 Å². The van der Waals surface area contributed by atoms with Crippen LogP contribution in [0, 0.1) is 11.2 Å². The number of carbonyl (C=O) groups is 1. The third-order valence-electron chi connectivity index (χ3n) is 3.32. The number of rotatable bonds is 6. The summed E-state index contributed by atoms with van der Waals surface area (Å²) in [5, 5.41) is 11.7. The first-order valence-corrected chi connectivity index (χ1v) is 6.09. The SMILES string of the molecule is O=C(NCC1(CO)CC1)c1ccc(F)cc1OC(F)F. The predicted molar refractivity (Wildman–Crippen MR) is 64.1 cm³/mol. The van der Waals surface area contributed by atoms with E-state index in [0.717, 1.165) is 31.0 Å². The summed E-state index contributed by atoms with van der Waals surface area (Å²) in [6, 6.07) is 2.81. The number of halogens is 3. The van der Waals surface area contributed by atoms with E-state index in [-0.39, 0.29) is 24.1 Å². The second kappa shape index (κ2) is 5.70. The number of ether oxygens (including phenoxy) is 1. The number of carbonyl (C=O) groups excluding carboxylic acids is 1. The second-order valence-electron chi connectivity index (χ2n) is 4.86. The van der Waals surface area contributed by atoms with Gasteiger partial charge in [-0.1, -0.05) is 0 Å². The van der Waals surface area contributed by atoms with E-state index in [0.29, 0.717) is 0 Å². The lowest BCUT2D eigenvalue weighted by molar-refractivity contribution is -0.0503. The molecule has 0 aliphatic heterocycles. The van der Waals surface area contributed by atoms with Gasteiger partial charge in [0.05, 0.1) is 12.2 Å². The molecule has 0 radical (unpaired) electrons. The molecule has 2 rings (SSSR count). The smallest absolute Gasteiger partial charge is 0.387 e. The van der Waals surface area contributed by atoms with Gasteiger partial charge in [0.15, 0.2) is 0 Å². The molecule has 0 saturated heterocycles. The molecule has 0 bridgehead atoms. The number of benzene rings is 1. The van der Waals surface area contributed by atoms with Crippen molar-refractivity contribution in [2.75, 3.05) is 13.2 Å². The van der Waals surface area contributed by atoms with E-state index in [1.165, 1.54) is 0 Å². The lowest BCUT2D eigenvalue weighted by atomic mass is 10.1. The van der Waals surface area contributed by atoms with Gasteiger partial charge in [0.2, 0.25) is 0 Å². The lowest BCUT2D eigenvalue weighted by Crippen LogP contribution is -2.32. The van der Waals surface area contributed by atoms with Crippen molar-refractivity contribution in [1.82, 2.24) is 5.32 Å². The predicted octanol–water partition coefficient (Wildman–Crippen LogP) is 1.93. The lowest BCUT2D eigenvalue weighted by Gasteiger charge is -2.14. The maximum Gasteiger partial charge on any atom is 0.387 e. The third kappa shape index (κ3) is 3.41. The molecule has 7 heteroatoms. The Hall–Kier alpha value is -1.76. The number of hydrogen-bond donors (Lipinski definition) is 2. The van der Waals surface area contributed by atoms with Gasteiger partial charge in [-0.25, -0.2) is 4.39 Å². The highest BCUT2D eigenvalue weighted by atomic mass is 19.3. The molecule has 1 aromatic rings. The minimum absolute atomic E-state index is 0.0446. The monoisotopic (exact) mass is 289 g/mol. The maximum atomic E-state index is 13.0. The van der Waals surface area contributed by atoms with Crippen molar-refractivity contribution in [1.29, 1.82) is 0 Å². The number of aliphatic hydroxyl groups is 1. The highest BCUT2D eigenvalue weighted by Crippen LogP contribution is 2.44. The van der Waals surface area contributed by atoms with Crippen LogP contribution in [0.15, 0.2) is 18.2 Å². The first-order valence-electron chi connectivity index (χ1n) is 6.09. The van der Waals surface area contributed by atoms with Crippen molar-refractivity contribution < 1.29 is 27.8 Å². The summed E-state index contributed by atoms with van der Waals surface area (Å²) in [4.78, 5) is 11.9. The van der Waals surface area contributed by atoms with Crippen LogP contribution in [0.4, 0.5) is 13.2 Å². The average molecular weight is 289 g/mol. The molecule has 1 saturated carbocycles. The molecule has 1 aliphatic carbocycles. The number of alkyl halides is 2. The van der Waals surface area contributed by atoms with Crippen molar-refractivity contribution in [3.8, 4) is 5.75 Å². The summed E-state index contributed by atoms with van der Waals surface area (Å²) in [6.07, 6.45) is 1.60. The van der Waals surface area contributed by atoms with Gasteiger partial charge in [0.25, 0.3) is 5.91 Å². The zero-order valence-corrected chi connectivity index (χ0v) is 10.5. The Bertz CT molecular complexity index is 504. The molecular weight excluding hydrogens is 275 g/mol. The minimum Gasteiger partial charge on any atom is -0.434 e. The van der Waals surface area contributed by atoms with Gasteiger partial charge in [-0.05, 0) is 25.0 Å². The Balaban J connectivity index is 2.08. The van der Waals surface area contributed by atoms with Crippen LogP contribution >= 0.6 is 0 Å². The van der Waals surface area contributed by atoms with Gasteiger partial charge in [-0.15, -0.1) is 0 Å². The second-order valence-corrected chi connectivity index (χ2v) is 4.86. The van der Waals surface area contributed by atoms with Crippen molar-refractivity contribution in [3.63, 3.8) is 0 Å². The van der Waals surface area contributed by atoms with Crippen molar-refractivity contribution in [2.45, 2.75) is 19.5 Å². The summed E-state index contributed by atoms with van der Waals surface area (Å²) >= 11 is 0. The van der Waals surface area contributed by atoms with E-state index in [1.807, 2.05) is 0 Å². The fourth-order valence-corrected chi connectivity index (χ4v) is 1.81. The Morgan fingerprint density at radius 1 is 1.45 bits per heavy atom. The molecule has 1 aromatic carbocycles. The molecule has 0 spiro atoms. The third-order valence-corrected chi connectivity index (χ3v) is 3.32. The molecule has 2 N–H and O–H groups in total. The Morgan fingerprint density at radius 3 is 2.70 bits per heavy atom. The van der Waals surface area contributed by atoms with Crippen LogP contribution in [-0.4, -0.2) is 30.8 Å². The molecule has 4 nitrogen and oxygen atoms in total. The largest absolute Gasteiger partial charge is 0.434 e. The van der Waals surface area contributed by atoms with Crippen LogP contribution in [0.25, 0.3) is 0 Å². The number of amides is 1. The average Bonchev–Trinajstić information content (AvgIpc) is 3.16. The van der Waals surface area contributed by atoms with Gasteiger partial charge in [0.1, 0.15) is 11.6 Å². The zero-order valence-electron chi connectivity index (χ0n) is 10.5. The zero-order chi connectivity index (χ0) is 14.8. The van der Waals surface area contributed by atoms with Crippen LogP contribution < -0.4 is 10.1 Å². The minimum atomic E-state index is -3.14. The Morgan fingerprint density at radius 2 is 2.15 bits per heavy atom. The first-order chi connectivity index (χ1) is 9.46. The first kappa shape index (κ1) is 14.6. The van der Waals surface area contributed by atoms with Crippen molar-refractivity contribution in [3.05, 3.63) is 29.6 Å². The molecule has 0 unspecified atom stereocenters. The fourth-order valence-electron chi connectivity index (χ4n) is 1.81. The highest BCUT2D eigenvalue weighted by molar-refractivity contribution is 5.96. The summed E-state index contributed by atoms with van der Waals surface area (Å²) in [7, 11) is 0. The van der Waals surface area contributed by atoms with Crippen LogP contribution in [0.1, 0.15) is 23.2 Å². The van der Waals surface area contributed by atoms with Crippen LogP contribution in [0.5, 0.6) is 5.75 Å². The summed E-state index contributed by atoms with van der Waals surface area (Å²) in [5.74, 6) is -1.92. The van der Waals surface area contributed by atoms with Crippen LogP contribution in [-0.2, 0) is 0 Å². The van der Waals surface area contributed by atoms with Crippen molar-refractivity contribution >= 4 is 5.91 Å². The van der Waals surface area contributed by atoms with Crippen LogP contribution in [0.2, 0.25) is 0 Å². The van der Waals surface area contributed by atoms with Gasteiger partial charge < -0.3 is 15.2 Å². The van der Waals surface area contributed by atoms with E-state index in [1.54, 1.807) is 0 Å². The maximum absolute atomic E-state index is 13.0. The number of hydrogen-bond acceptors (Lipinski definition) is 3. The molecule has 20 heavy (non-hydrogen) atoms. The van der Waals surface area contributed by atoms with E-state index in [4.69, 9.17) is 5.11 Å². The number of aliphatic hydroxyl groups excluding tert-OH is 1. The van der Waals surface area contributed by atoms with Gasteiger partial charge >= 0.3 is 6.61 Å². The van der Waals surface area contributed by atoms with Crippen molar-refractivity contribution in [2.24, 2.45) is 5.41 Å². The molecule has 1 amide bonds. The van der Waals surface area contributed by atoms with E-state index in [9.17, 15) is 18.0 Å². The molecule has 110 valence electrons. The molecule has 0 atom stereocenters. The number of nitrogens with one attached hydrogen (secondary N) is 1. The van der Waals surface area contributed by atoms with Gasteiger partial charge in [-0.3, -0.25) is 4.79 Å². The standard InChI is InChI=1S/C13H14F3NO3/c14-8-1-2-9(10(5-8)20-12(15)16)11(19)17-6-13(7-18)3-4-13/h1-2,5,12,18H,3-4,6-7H2,(H,17,19). The topological polar surface area (TPSA) is 58.6 Å². The highest BCUT2D eigenvalue weighted by Gasteiger charge is 2.42. The molecule has 1 aliphatic rings. The quantitative estimate of drug-likeness (QED) is 0.841. The van der Waals surface area contributed by atoms with Gasteiger partial charge in [-0.2, -0.15) is 8.78 Å². The Kier molecular flexibility index (Phi) is 4.17. The van der Waals surface area contributed by atoms with E-state index in [2.05, 4.69) is 10.1 Å². The Labute approximate surface area is 113 Å². The summed E-state index contributed by atoms with van der Waals surface area (Å²) in [6.45, 7) is -2.94. The summed E-state index contributed by atoms with van der Waals surface area (Å²) < 4.78 is 41.6.